The molecule has 0 saturated heterocycles. The molecule has 4 nitrogen and oxygen atoms in total. The standard InChI is InChI=1S/C2H7O4P.K/c1-2-7(4,5)6-3;/h3H,2H2,1H3,(H,4,5);/q;+1/p-1. The van der Waals surface area contributed by atoms with Crippen LogP contribution in [-0.2, 0) is 9.24 Å². The zero-order valence-corrected chi connectivity index (χ0v) is 8.84. The maximum absolute atomic E-state index is 9.92. The van der Waals surface area contributed by atoms with Gasteiger partial charge in [0.2, 0.25) is 0 Å². The van der Waals surface area contributed by atoms with Crippen LogP contribution in [0.4, 0.5) is 0 Å². The molecule has 0 spiro atoms. The van der Waals surface area contributed by atoms with Gasteiger partial charge >= 0.3 is 51.4 Å². The summed E-state index contributed by atoms with van der Waals surface area (Å²) in [5, 5.41) is 7.52. The third kappa shape index (κ3) is 5.88. The van der Waals surface area contributed by atoms with Crippen LogP contribution < -0.4 is 56.3 Å². The second kappa shape index (κ2) is 5.53. The van der Waals surface area contributed by atoms with Gasteiger partial charge in [-0.1, -0.05) is 6.92 Å². The first-order chi connectivity index (χ1) is 3.12. The summed E-state index contributed by atoms with van der Waals surface area (Å²) in [4.78, 5) is 9.92. The molecule has 8 heavy (non-hydrogen) atoms. The van der Waals surface area contributed by atoms with Crippen molar-refractivity contribution in [1.82, 2.24) is 0 Å². The van der Waals surface area contributed by atoms with Gasteiger partial charge in [0.05, 0.1) is 0 Å². The third-order valence-electron chi connectivity index (χ3n) is 0.512. The third-order valence-corrected chi connectivity index (χ3v) is 1.54. The average molecular weight is 164 g/mol. The van der Waals surface area contributed by atoms with Crippen molar-refractivity contribution >= 4 is 7.60 Å². The average Bonchev–Trinajstić information content (AvgIpc) is 1.68. The van der Waals surface area contributed by atoms with Crippen molar-refractivity contribution in [2.24, 2.45) is 0 Å². The monoisotopic (exact) mass is 164 g/mol. The Hall–Kier alpha value is 1.75. The van der Waals surface area contributed by atoms with E-state index in [4.69, 9.17) is 5.26 Å². The molecule has 0 aliphatic heterocycles. The fourth-order valence-corrected chi connectivity index (χ4v) is 0.173. The predicted octanol–water partition coefficient (Wildman–Crippen LogP) is -2.95. The van der Waals surface area contributed by atoms with Crippen LogP contribution in [0.5, 0.6) is 0 Å². The first-order valence-electron chi connectivity index (χ1n) is 1.75. The minimum Gasteiger partial charge on any atom is -0.776 e. The fraction of sp³-hybridized carbons (Fsp3) is 1.00. The van der Waals surface area contributed by atoms with E-state index in [-0.39, 0.29) is 57.5 Å². The van der Waals surface area contributed by atoms with Gasteiger partial charge in [-0.25, -0.2) is 5.26 Å². The summed E-state index contributed by atoms with van der Waals surface area (Å²) in [6.45, 7) is 1.38. The van der Waals surface area contributed by atoms with Crippen molar-refractivity contribution in [3.8, 4) is 0 Å². The Labute approximate surface area is 90.1 Å². The van der Waals surface area contributed by atoms with E-state index in [0.29, 0.717) is 0 Å². The SMILES string of the molecule is CCP(=O)([O-])OO.[K+]. The van der Waals surface area contributed by atoms with E-state index in [1.807, 2.05) is 0 Å². The molecule has 1 atom stereocenters. The summed E-state index contributed by atoms with van der Waals surface area (Å²) in [6, 6.07) is 0. The first kappa shape index (κ1) is 12.4. The summed E-state index contributed by atoms with van der Waals surface area (Å²) >= 11 is 0. The Morgan fingerprint density at radius 3 is 2.25 bits per heavy atom. The molecule has 1 unspecified atom stereocenters. The summed E-state index contributed by atoms with van der Waals surface area (Å²) < 4.78 is 13.0. The zero-order chi connectivity index (χ0) is 5.91. The molecule has 0 rings (SSSR count). The van der Waals surface area contributed by atoms with E-state index in [1.165, 1.54) is 6.92 Å². The molecule has 0 aromatic heterocycles. The van der Waals surface area contributed by atoms with Crippen molar-refractivity contribution in [2.75, 3.05) is 6.16 Å². The van der Waals surface area contributed by atoms with Gasteiger partial charge in [-0.05, 0) is 0 Å². The van der Waals surface area contributed by atoms with Gasteiger partial charge in [0, 0.05) is 6.16 Å². The molecule has 0 heterocycles. The smallest absolute Gasteiger partial charge is 0.776 e. The molecule has 0 aromatic carbocycles. The fourth-order valence-electron chi connectivity index (χ4n) is 0.0577. The van der Waals surface area contributed by atoms with Crippen molar-refractivity contribution < 1.29 is 70.8 Å². The van der Waals surface area contributed by atoms with Gasteiger partial charge in [-0.3, -0.25) is 0 Å². The van der Waals surface area contributed by atoms with Crippen molar-refractivity contribution in [3.05, 3.63) is 0 Å². The van der Waals surface area contributed by atoms with Crippen LogP contribution in [-0.4, -0.2) is 11.4 Å². The molecule has 0 aliphatic rings. The van der Waals surface area contributed by atoms with Gasteiger partial charge in [0.15, 0.2) is 7.60 Å². The van der Waals surface area contributed by atoms with Crippen LogP contribution >= 0.6 is 7.60 Å². The normalized spacial score (nSPS) is 16.4. The van der Waals surface area contributed by atoms with Crippen LogP contribution in [0.2, 0.25) is 0 Å². The number of hydrogen-bond acceptors (Lipinski definition) is 4. The molecule has 0 aliphatic carbocycles. The van der Waals surface area contributed by atoms with E-state index in [9.17, 15) is 9.46 Å². The van der Waals surface area contributed by atoms with Crippen LogP contribution in [0.25, 0.3) is 0 Å². The van der Waals surface area contributed by atoms with E-state index in [1.54, 1.807) is 0 Å². The summed E-state index contributed by atoms with van der Waals surface area (Å²) in [6.07, 6.45) is -0.177. The summed E-state index contributed by atoms with van der Waals surface area (Å²) in [7, 11) is -3.85. The van der Waals surface area contributed by atoms with E-state index >= 15 is 0 Å². The second-order valence-corrected chi connectivity index (χ2v) is 3.03. The zero-order valence-electron chi connectivity index (χ0n) is 4.83. The minimum atomic E-state index is -3.85. The quantitative estimate of drug-likeness (QED) is 0.205. The molecule has 0 saturated carbocycles. The molecule has 0 radical (unpaired) electrons. The molecular weight excluding hydrogens is 158 g/mol. The van der Waals surface area contributed by atoms with Crippen molar-refractivity contribution in [1.29, 1.82) is 0 Å². The molecule has 0 aromatic rings. The van der Waals surface area contributed by atoms with Crippen LogP contribution in [0.15, 0.2) is 0 Å². The molecular formula is C2H6KO4P. The van der Waals surface area contributed by atoms with E-state index < -0.39 is 7.60 Å². The molecule has 0 amide bonds. The van der Waals surface area contributed by atoms with E-state index in [0.717, 1.165) is 0 Å². The molecule has 1 N–H and O–H groups in total. The largest absolute Gasteiger partial charge is 1.00 e. The number of rotatable bonds is 2. The van der Waals surface area contributed by atoms with Crippen LogP contribution in [0.1, 0.15) is 6.92 Å². The minimum absolute atomic E-state index is 0. The van der Waals surface area contributed by atoms with Crippen molar-refractivity contribution in [2.45, 2.75) is 6.92 Å². The summed E-state index contributed by atoms with van der Waals surface area (Å²) in [5.74, 6) is 0. The van der Waals surface area contributed by atoms with E-state index in [2.05, 4.69) is 4.67 Å². The van der Waals surface area contributed by atoms with Gasteiger partial charge in [-0.15, -0.1) is 0 Å². The van der Waals surface area contributed by atoms with Gasteiger partial charge in [0.1, 0.15) is 0 Å². The maximum Gasteiger partial charge on any atom is 1.00 e. The molecule has 0 fully saturated rings. The van der Waals surface area contributed by atoms with Gasteiger partial charge in [0.25, 0.3) is 0 Å². The summed E-state index contributed by atoms with van der Waals surface area (Å²) in [5.41, 5.74) is 0. The Morgan fingerprint density at radius 2 is 2.25 bits per heavy atom. The topological polar surface area (TPSA) is 69.6 Å². The Balaban J connectivity index is 0. The Kier molecular flexibility index (Phi) is 8.58. The second-order valence-electron chi connectivity index (χ2n) is 1.01. The van der Waals surface area contributed by atoms with Gasteiger partial charge in [-0.2, -0.15) is 4.67 Å². The first-order valence-corrected chi connectivity index (χ1v) is 3.48. The van der Waals surface area contributed by atoms with Crippen LogP contribution in [0, 0.1) is 0 Å². The molecule has 44 valence electrons. The molecule has 0 bridgehead atoms. The number of hydrogen-bond donors (Lipinski definition) is 1. The maximum atomic E-state index is 9.92. The Morgan fingerprint density at radius 1 is 1.88 bits per heavy atom. The van der Waals surface area contributed by atoms with Crippen LogP contribution in [0.3, 0.4) is 0 Å². The Bertz CT molecular complexity index is 86.0. The predicted molar refractivity (Wildman–Crippen MR) is 21.9 cm³/mol. The van der Waals surface area contributed by atoms with Gasteiger partial charge < -0.3 is 9.46 Å². The van der Waals surface area contributed by atoms with Crippen molar-refractivity contribution in [3.63, 3.8) is 0 Å². The molecule has 6 heteroatoms.